The summed E-state index contributed by atoms with van der Waals surface area (Å²) in [4.78, 5) is 16.5. The number of piperazine rings is 1. The van der Waals surface area contributed by atoms with E-state index in [1.807, 2.05) is 0 Å². The van der Waals surface area contributed by atoms with Crippen LogP contribution in [0.15, 0.2) is 12.2 Å². The first-order valence-electron chi connectivity index (χ1n) is 34.5. The molecule has 1 fully saturated rings. The van der Waals surface area contributed by atoms with Crippen LogP contribution in [0.4, 0.5) is 0 Å². The van der Waals surface area contributed by atoms with Gasteiger partial charge in [-0.15, -0.1) is 0 Å². The number of allylic oxidation sites excluding steroid dienone is 2. The second-order valence-electron chi connectivity index (χ2n) is 21.3. The smallest absolute Gasteiger partial charge is 0.307 e. The van der Waals surface area contributed by atoms with Gasteiger partial charge in [-0.05, 0) is 39.2 Å². The molecule has 0 bridgehead atoms. The SMILES string of the molecule is CCCCCCCC/C=C\CCCCCCCCOCCOCCOCCOCCOCCOCCOCCOCCOCCOCCOCCOCCOCCOCCOCCOCCOCCOCCOCCOCCOC(=O)CCN1CCN(C)CC1. The van der Waals surface area contributed by atoms with Crippen molar-refractivity contribution < 1.29 is 104 Å². The van der Waals surface area contributed by atoms with Gasteiger partial charge in [-0.3, -0.25) is 4.79 Å². The second kappa shape index (κ2) is 78.0. The summed E-state index contributed by atoms with van der Waals surface area (Å²) in [6.07, 6.45) is 23.6. The molecule has 90 heavy (non-hydrogen) atoms. The van der Waals surface area contributed by atoms with E-state index in [0.717, 1.165) is 45.8 Å². The Bertz CT molecular complexity index is 1380. The van der Waals surface area contributed by atoms with Crippen molar-refractivity contribution in [1.82, 2.24) is 9.80 Å². The van der Waals surface area contributed by atoms with Crippen molar-refractivity contribution in [2.24, 2.45) is 0 Å². The Morgan fingerprint density at radius 2 is 0.478 bits per heavy atom. The average molecular weight is 1300 g/mol. The first kappa shape index (κ1) is 86.3. The van der Waals surface area contributed by atoms with Crippen LogP contribution in [0, 0.1) is 0 Å². The summed E-state index contributed by atoms with van der Waals surface area (Å²) in [5, 5.41) is 0. The molecule has 24 nitrogen and oxygen atoms in total. The molecule has 0 aromatic heterocycles. The Kier molecular flexibility index (Phi) is 74.9. The van der Waals surface area contributed by atoms with E-state index in [0.29, 0.717) is 264 Å². The van der Waals surface area contributed by atoms with Gasteiger partial charge in [-0.1, -0.05) is 76.9 Å². The molecule has 1 heterocycles. The summed E-state index contributed by atoms with van der Waals surface area (Å²) >= 11 is 0. The van der Waals surface area contributed by atoms with Gasteiger partial charge in [-0.2, -0.15) is 0 Å². The number of rotatable bonds is 79. The van der Waals surface area contributed by atoms with E-state index in [9.17, 15) is 4.79 Å². The summed E-state index contributed by atoms with van der Waals surface area (Å²) in [6, 6.07) is 0. The van der Waals surface area contributed by atoms with Crippen LogP contribution in [0.1, 0.15) is 103 Å². The molecule has 1 aliphatic rings. The maximum Gasteiger partial charge on any atom is 0.307 e. The van der Waals surface area contributed by atoms with Gasteiger partial charge in [0.15, 0.2) is 0 Å². The monoisotopic (exact) mass is 1300 g/mol. The third kappa shape index (κ3) is 73.7. The van der Waals surface area contributed by atoms with Gasteiger partial charge in [0.05, 0.1) is 264 Å². The van der Waals surface area contributed by atoms with Gasteiger partial charge in [0.1, 0.15) is 6.61 Å². The van der Waals surface area contributed by atoms with E-state index < -0.39 is 0 Å². The lowest BCUT2D eigenvalue weighted by Gasteiger charge is -2.31. The Hall–Kier alpha value is -1.67. The zero-order valence-electron chi connectivity index (χ0n) is 56.7. The molecule has 0 atom stereocenters. The van der Waals surface area contributed by atoms with Crippen LogP contribution in [0.25, 0.3) is 0 Å². The molecule has 0 unspecified atom stereocenters. The number of likely N-dealkylation sites (N-methyl/N-ethyl adjacent to an activating group) is 1. The molecule has 0 radical (unpaired) electrons. The van der Waals surface area contributed by atoms with Crippen molar-refractivity contribution in [3.05, 3.63) is 12.2 Å². The molecule has 24 heteroatoms. The summed E-state index contributed by atoms with van der Waals surface area (Å²) in [6.45, 7) is 27.5. The Morgan fingerprint density at radius 1 is 0.267 bits per heavy atom. The molecule has 1 saturated heterocycles. The van der Waals surface area contributed by atoms with Crippen LogP contribution in [0.5, 0.6) is 0 Å². The average Bonchev–Trinajstić information content (AvgIpc) is 3.66. The molecule has 0 aromatic carbocycles. The van der Waals surface area contributed by atoms with Gasteiger partial charge in [0.2, 0.25) is 0 Å². The highest BCUT2D eigenvalue weighted by atomic mass is 16.6. The van der Waals surface area contributed by atoms with E-state index in [1.165, 1.54) is 83.5 Å². The number of hydrogen-bond acceptors (Lipinski definition) is 24. The fourth-order valence-electron chi connectivity index (χ4n) is 8.34. The quantitative estimate of drug-likeness (QED) is 0.0359. The van der Waals surface area contributed by atoms with Crippen molar-refractivity contribution in [1.29, 1.82) is 0 Å². The topological polar surface area (TPSA) is 217 Å². The Morgan fingerprint density at radius 3 is 0.733 bits per heavy atom. The fourth-order valence-corrected chi connectivity index (χ4v) is 8.34. The van der Waals surface area contributed by atoms with Crippen LogP contribution in [0.3, 0.4) is 0 Å². The lowest BCUT2D eigenvalue weighted by Crippen LogP contribution is -2.45. The van der Waals surface area contributed by atoms with Crippen molar-refractivity contribution in [3.63, 3.8) is 0 Å². The van der Waals surface area contributed by atoms with Crippen molar-refractivity contribution in [3.8, 4) is 0 Å². The molecular weight excluding hydrogens is 1170 g/mol. The standard InChI is InChI=1S/C66H130N2O22/c1-3-4-5-6-7-8-9-10-11-12-13-14-15-16-17-18-25-70-26-27-71-28-29-72-30-31-73-32-33-74-34-35-75-36-37-76-38-39-77-40-41-78-42-43-79-44-45-80-46-47-81-48-49-82-50-51-83-52-53-84-54-55-85-56-57-86-58-59-87-60-61-88-62-63-89-64-65-90-66(69)19-20-68-23-21-67(2)22-24-68/h10-11H,3-9,12-65H2,1-2H3/b11-10-. The number of esters is 1. The van der Waals surface area contributed by atoms with E-state index >= 15 is 0 Å². The second-order valence-corrected chi connectivity index (χ2v) is 21.3. The van der Waals surface area contributed by atoms with Crippen molar-refractivity contribution in [2.45, 2.75) is 103 Å². The molecule has 0 N–H and O–H groups in total. The maximum atomic E-state index is 11.9. The highest BCUT2D eigenvalue weighted by Crippen LogP contribution is 2.10. The summed E-state index contributed by atoms with van der Waals surface area (Å²) < 4.78 is 116. The first-order valence-corrected chi connectivity index (χ1v) is 34.5. The molecule has 0 amide bonds. The summed E-state index contributed by atoms with van der Waals surface area (Å²) in [7, 11) is 2.12. The van der Waals surface area contributed by atoms with Gasteiger partial charge in [-0.25, -0.2) is 0 Å². The minimum atomic E-state index is -0.182. The maximum absolute atomic E-state index is 11.9. The van der Waals surface area contributed by atoms with Crippen LogP contribution >= 0.6 is 0 Å². The molecule has 0 saturated carbocycles. The molecule has 536 valence electrons. The zero-order valence-corrected chi connectivity index (χ0v) is 56.7. The van der Waals surface area contributed by atoms with Crippen molar-refractivity contribution >= 4 is 5.97 Å². The van der Waals surface area contributed by atoms with E-state index in [4.69, 9.17) is 99.5 Å². The molecule has 0 spiro atoms. The molecule has 0 aliphatic carbocycles. The van der Waals surface area contributed by atoms with E-state index in [-0.39, 0.29) is 12.6 Å². The van der Waals surface area contributed by atoms with Gasteiger partial charge >= 0.3 is 5.97 Å². The normalized spacial score (nSPS) is 13.3. The number of ether oxygens (including phenoxy) is 21. The Labute approximate surface area is 544 Å². The number of carbonyl (C=O) groups is 1. The predicted octanol–water partition coefficient (Wildman–Crippen LogP) is 6.54. The molecule has 1 rings (SSSR count). The van der Waals surface area contributed by atoms with Crippen LogP contribution in [0.2, 0.25) is 0 Å². The van der Waals surface area contributed by atoms with Crippen LogP contribution < -0.4 is 0 Å². The minimum absolute atomic E-state index is 0.182. The van der Waals surface area contributed by atoms with Gasteiger partial charge in [0, 0.05) is 39.3 Å². The largest absolute Gasteiger partial charge is 0.463 e. The summed E-state index contributed by atoms with van der Waals surface area (Å²) in [5.74, 6) is -0.182. The van der Waals surface area contributed by atoms with Gasteiger partial charge in [0.25, 0.3) is 0 Å². The first-order chi connectivity index (χ1) is 44.7. The highest BCUT2D eigenvalue weighted by Gasteiger charge is 2.15. The fraction of sp³-hybridized carbons (Fsp3) is 0.955. The predicted molar refractivity (Wildman–Crippen MR) is 345 cm³/mol. The molecular formula is C66H130N2O22. The minimum Gasteiger partial charge on any atom is -0.463 e. The van der Waals surface area contributed by atoms with Gasteiger partial charge < -0.3 is 109 Å². The molecule has 0 aromatic rings. The van der Waals surface area contributed by atoms with E-state index in [2.05, 4.69) is 35.9 Å². The Balaban J connectivity index is 1.59. The van der Waals surface area contributed by atoms with Crippen LogP contribution in [-0.4, -0.2) is 326 Å². The number of carbonyl (C=O) groups excluding carboxylic acids is 1. The number of nitrogens with zero attached hydrogens (tertiary/aromatic N) is 2. The lowest BCUT2D eigenvalue weighted by atomic mass is 10.1. The third-order valence-corrected chi connectivity index (χ3v) is 13.6. The van der Waals surface area contributed by atoms with Crippen LogP contribution in [-0.2, 0) is 104 Å². The summed E-state index contributed by atoms with van der Waals surface area (Å²) in [5.41, 5.74) is 0. The lowest BCUT2D eigenvalue weighted by molar-refractivity contribution is -0.145. The molecule has 1 aliphatic heterocycles. The third-order valence-electron chi connectivity index (χ3n) is 13.6. The zero-order chi connectivity index (χ0) is 64.1. The number of unbranched alkanes of at least 4 members (excludes halogenated alkanes) is 12. The number of hydrogen-bond donors (Lipinski definition) is 0. The van der Waals surface area contributed by atoms with Crippen molar-refractivity contribution in [2.75, 3.05) is 311 Å². The highest BCUT2D eigenvalue weighted by molar-refractivity contribution is 5.69. The van der Waals surface area contributed by atoms with E-state index in [1.54, 1.807) is 0 Å².